The molecule has 96 valence electrons. The molecule has 0 saturated carbocycles. The van der Waals surface area contributed by atoms with E-state index in [4.69, 9.17) is 12.2 Å². The molecule has 0 atom stereocenters. The highest BCUT2D eigenvalue weighted by Crippen LogP contribution is 2.29. The first kappa shape index (κ1) is 12.6. The molecule has 1 N–H and O–H groups in total. The second-order valence-corrected chi connectivity index (χ2v) is 5.82. The summed E-state index contributed by atoms with van der Waals surface area (Å²) in [4.78, 5) is 3.30. The Hall–Kier alpha value is -1.39. The van der Waals surface area contributed by atoms with Gasteiger partial charge in [0.15, 0.2) is 4.77 Å². The maximum Gasteiger partial charge on any atom is 0.182 e. The molecule has 0 saturated heterocycles. The van der Waals surface area contributed by atoms with Crippen LogP contribution >= 0.6 is 28.1 Å². The summed E-state index contributed by atoms with van der Waals surface area (Å²) >= 11 is 9.14. The van der Waals surface area contributed by atoms with E-state index in [-0.39, 0.29) is 0 Å². The van der Waals surface area contributed by atoms with Gasteiger partial charge in [-0.05, 0) is 65.3 Å². The van der Waals surface area contributed by atoms with Crippen molar-refractivity contribution < 1.29 is 0 Å². The lowest BCUT2D eigenvalue weighted by Gasteiger charge is -2.09. The van der Waals surface area contributed by atoms with Crippen molar-refractivity contribution >= 4 is 39.2 Å². The number of benzene rings is 2. The average Bonchev–Trinajstić information content (AvgIpc) is 2.71. The molecule has 0 fully saturated rings. The maximum absolute atomic E-state index is 5.48. The molecule has 2 aromatic carbocycles. The summed E-state index contributed by atoms with van der Waals surface area (Å²) in [6, 6.07) is 12.4. The van der Waals surface area contributed by atoms with Gasteiger partial charge in [0.2, 0.25) is 0 Å². The molecule has 3 aromatic rings. The minimum absolute atomic E-state index is 0.718. The van der Waals surface area contributed by atoms with Gasteiger partial charge in [-0.15, -0.1) is 0 Å². The molecular formula is C15H13BrN2S. The van der Waals surface area contributed by atoms with E-state index in [0.29, 0.717) is 0 Å². The molecule has 0 amide bonds. The van der Waals surface area contributed by atoms with Crippen LogP contribution in [0.15, 0.2) is 40.9 Å². The van der Waals surface area contributed by atoms with E-state index in [2.05, 4.69) is 69.7 Å². The Morgan fingerprint density at radius 2 is 1.74 bits per heavy atom. The zero-order chi connectivity index (χ0) is 13.6. The first-order valence-corrected chi connectivity index (χ1v) is 7.25. The summed E-state index contributed by atoms with van der Waals surface area (Å²) in [6.45, 7) is 4.17. The van der Waals surface area contributed by atoms with Crippen LogP contribution in [0.1, 0.15) is 11.1 Å². The first-order valence-electron chi connectivity index (χ1n) is 6.05. The number of fused-ring (bicyclic) bond motifs is 1. The summed E-state index contributed by atoms with van der Waals surface area (Å²) in [7, 11) is 0. The lowest BCUT2D eigenvalue weighted by atomic mass is 10.2. The van der Waals surface area contributed by atoms with Crippen molar-refractivity contribution in [2.75, 3.05) is 0 Å². The van der Waals surface area contributed by atoms with Crippen LogP contribution in [0.25, 0.3) is 16.7 Å². The highest BCUT2D eigenvalue weighted by Gasteiger charge is 2.11. The fourth-order valence-electron chi connectivity index (χ4n) is 2.32. The molecule has 0 radical (unpaired) electrons. The quantitative estimate of drug-likeness (QED) is 0.617. The minimum atomic E-state index is 0.718. The predicted octanol–water partition coefficient (Wildman–Crippen LogP) is 5.07. The van der Waals surface area contributed by atoms with Gasteiger partial charge in [0.25, 0.3) is 0 Å². The van der Waals surface area contributed by atoms with Crippen molar-refractivity contribution in [1.82, 2.24) is 9.55 Å². The van der Waals surface area contributed by atoms with Crippen molar-refractivity contribution in [2.24, 2.45) is 0 Å². The monoisotopic (exact) mass is 332 g/mol. The molecule has 0 unspecified atom stereocenters. The minimum Gasteiger partial charge on any atom is -0.330 e. The molecule has 0 spiro atoms. The van der Waals surface area contributed by atoms with E-state index in [9.17, 15) is 0 Å². The smallest absolute Gasteiger partial charge is 0.182 e. The van der Waals surface area contributed by atoms with Gasteiger partial charge in [-0.1, -0.05) is 24.3 Å². The normalized spacial score (nSPS) is 11.1. The zero-order valence-electron chi connectivity index (χ0n) is 10.7. The van der Waals surface area contributed by atoms with Gasteiger partial charge in [0.05, 0.1) is 16.7 Å². The number of nitrogens with one attached hydrogen (secondary N) is 1. The Labute approximate surface area is 125 Å². The van der Waals surface area contributed by atoms with Crippen LogP contribution in [0.3, 0.4) is 0 Å². The third kappa shape index (κ3) is 1.95. The second kappa shape index (κ2) is 4.62. The summed E-state index contributed by atoms with van der Waals surface area (Å²) < 4.78 is 3.87. The molecular weight excluding hydrogens is 320 g/mol. The number of aromatic nitrogens is 2. The van der Waals surface area contributed by atoms with E-state index in [1.807, 2.05) is 6.07 Å². The molecule has 0 aliphatic rings. The summed E-state index contributed by atoms with van der Waals surface area (Å²) in [6.07, 6.45) is 0. The lowest BCUT2D eigenvalue weighted by molar-refractivity contribution is 1.05. The number of aromatic amines is 1. The van der Waals surface area contributed by atoms with Crippen molar-refractivity contribution in [1.29, 1.82) is 0 Å². The van der Waals surface area contributed by atoms with Crippen molar-refractivity contribution in [3.8, 4) is 5.69 Å². The van der Waals surface area contributed by atoms with Crippen LogP contribution in [0.2, 0.25) is 0 Å². The standard InChI is InChI=1S/C15H13BrN2S/c1-9-5-3-7-11(13(9)16)18-12-8-4-6-10(2)14(12)17-15(18)19/h3-8H,1-2H3,(H,17,19). The Balaban J connectivity index is 2.44. The number of hydrogen-bond acceptors (Lipinski definition) is 1. The third-order valence-electron chi connectivity index (χ3n) is 3.34. The predicted molar refractivity (Wildman–Crippen MR) is 85.6 cm³/mol. The van der Waals surface area contributed by atoms with E-state index in [1.54, 1.807) is 0 Å². The summed E-state index contributed by atoms with van der Waals surface area (Å²) in [5, 5.41) is 0. The van der Waals surface area contributed by atoms with Crippen LogP contribution in [0, 0.1) is 18.6 Å². The zero-order valence-corrected chi connectivity index (χ0v) is 13.1. The molecule has 0 bridgehead atoms. The van der Waals surface area contributed by atoms with Gasteiger partial charge in [-0.3, -0.25) is 4.57 Å². The molecule has 3 rings (SSSR count). The Morgan fingerprint density at radius 3 is 2.53 bits per heavy atom. The van der Waals surface area contributed by atoms with Crippen LogP contribution in [0.4, 0.5) is 0 Å². The van der Waals surface area contributed by atoms with E-state index >= 15 is 0 Å². The topological polar surface area (TPSA) is 20.7 Å². The molecule has 0 aliphatic heterocycles. The number of imidazole rings is 1. The number of rotatable bonds is 1. The SMILES string of the molecule is Cc1cccc(-n2c(=S)[nH]c3c(C)cccc32)c1Br. The van der Waals surface area contributed by atoms with Gasteiger partial charge in [-0.25, -0.2) is 0 Å². The fourth-order valence-corrected chi connectivity index (χ4v) is 3.06. The van der Waals surface area contributed by atoms with Gasteiger partial charge in [0.1, 0.15) is 0 Å². The van der Waals surface area contributed by atoms with Crippen LogP contribution in [-0.4, -0.2) is 9.55 Å². The number of H-pyrrole nitrogens is 1. The maximum atomic E-state index is 5.48. The Bertz CT molecular complexity index is 830. The highest BCUT2D eigenvalue weighted by molar-refractivity contribution is 9.10. The van der Waals surface area contributed by atoms with E-state index < -0.39 is 0 Å². The lowest BCUT2D eigenvalue weighted by Crippen LogP contribution is -1.96. The van der Waals surface area contributed by atoms with Crippen molar-refractivity contribution in [3.63, 3.8) is 0 Å². The number of hydrogen-bond donors (Lipinski definition) is 1. The Morgan fingerprint density at radius 1 is 1.05 bits per heavy atom. The number of nitrogens with zero attached hydrogens (tertiary/aromatic N) is 1. The van der Waals surface area contributed by atoms with Gasteiger partial charge >= 0.3 is 0 Å². The Kier molecular flexibility index (Phi) is 3.07. The fraction of sp³-hybridized carbons (Fsp3) is 0.133. The number of halogens is 1. The molecule has 1 aromatic heterocycles. The average molecular weight is 333 g/mol. The first-order chi connectivity index (χ1) is 9.09. The van der Waals surface area contributed by atoms with E-state index in [1.165, 1.54) is 11.1 Å². The largest absolute Gasteiger partial charge is 0.330 e. The van der Waals surface area contributed by atoms with Crippen LogP contribution in [-0.2, 0) is 0 Å². The molecule has 4 heteroatoms. The van der Waals surface area contributed by atoms with Crippen molar-refractivity contribution in [2.45, 2.75) is 13.8 Å². The van der Waals surface area contributed by atoms with Crippen LogP contribution < -0.4 is 0 Å². The summed E-state index contributed by atoms with van der Waals surface area (Å²) in [5.74, 6) is 0. The molecule has 2 nitrogen and oxygen atoms in total. The van der Waals surface area contributed by atoms with Crippen LogP contribution in [0.5, 0.6) is 0 Å². The third-order valence-corrected chi connectivity index (χ3v) is 4.66. The van der Waals surface area contributed by atoms with E-state index in [0.717, 1.165) is 26.0 Å². The number of aryl methyl sites for hydroxylation is 2. The molecule has 19 heavy (non-hydrogen) atoms. The summed E-state index contributed by atoms with van der Waals surface area (Å²) in [5.41, 5.74) is 5.67. The van der Waals surface area contributed by atoms with Gasteiger partial charge in [-0.2, -0.15) is 0 Å². The number of para-hydroxylation sites is 1. The van der Waals surface area contributed by atoms with Gasteiger partial charge in [0, 0.05) is 4.47 Å². The second-order valence-electron chi connectivity index (χ2n) is 4.64. The highest BCUT2D eigenvalue weighted by atomic mass is 79.9. The van der Waals surface area contributed by atoms with Gasteiger partial charge < -0.3 is 4.98 Å². The van der Waals surface area contributed by atoms with Crippen molar-refractivity contribution in [3.05, 3.63) is 56.8 Å². The molecule has 1 heterocycles. The molecule has 0 aliphatic carbocycles.